The zero-order valence-corrected chi connectivity index (χ0v) is 13.8. The minimum Gasteiger partial charge on any atom is -0.497 e. The maximum absolute atomic E-state index is 5.17. The smallest absolute Gasteiger partial charge is 0.118 e. The van der Waals surface area contributed by atoms with Gasteiger partial charge in [-0.25, -0.2) is 0 Å². The lowest BCUT2D eigenvalue weighted by Gasteiger charge is -2.12. The van der Waals surface area contributed by atoms with Gasteiger partial charge in [0.05, 0.1) is 7.11 Å². The van der Waals surface area contributed by atoms with Crippen LogP contribution in [0, 0.1) is 0 Å². The maximum atomic E-state index is 5.17. The number of hydrogen-bond donors (Lipinski definition) is 0. The van der Waals surface area contributed by atoms with E-state index < -0.39 is 0 Å². The number of hydrogen-bond acceptors (Lipinski definition) is 2. The second-order valence-electron chi connectivity index (χ2n) is 5.26. The second kappa shape index (κ2) is 8.58. The van der Waals surface area contributed by atoms with E-state index in [1.165, 1.54) is 23.2 Å². The van der Waals surface area contributed by atoms with Crippen molar-refractivity contribution in [3.8, 4) is 5.75 Å². The Balaban J connectivity index is 0.00000220. The Morgan fingerprint density at radius 2 is 1.29 bits per heavy atom. The summed E-state index contributed by atoms with van der Waals surface area (Å²) in [6.07, 6.45) is 3.41. The Morgan fingerprint density at radius 1 is 0.810 bits per heavy atom. The van der Waals surface area contributed by atoms with Gasteiger partial charge in [-0.2, -0.15) is 0 Å². The zero-order valence-electron chi connectivity index (χ0n) is 13.0. The Kier molecular flexibility index (Phi) is 7.10. The van der Waals surface area contributed by atoms with Gasteiger partial charge in [0.15, 0.2) is 0 Å². The molecule has 0 bridgehead atoms. The summed E-state index contributed by atoms with van der Waals surface area (Å²) in [7, 11) is 5.84. The van der Waals surface area contributed by atoms with E-state index in [-0.39, 0.29) is 12.4 Å². The highest BCUT2D eigenvalue weighted by Crippen LogP contribution is 2.16. The third kappa shape index (κ3) is 5.31. The van der Waals surface area contributed by atoms with Crippen molar-refractivity contribution < 1.29 is 4.74 Å². The fourth-order valence-electron chi connectivity index (χ4n) is 2.25. The molecule has 0 heterocycles. The second-order valence-corrected chi connectivity index (χ2v) is 5.26. The fraction of sp³-hybridized carbons (Fsp3) is 0.333. The number of nitrogens with zero attached hydrogens (tertiary/aromatic N) is 1. The molecular formula is C18H24ClNO. The molecule has 2 aromatic carbocycles. The molecule has 2 rings (SSSR count). The van der Waals surface area contributed by atoms with Gasteiger partial charge in [0.2, 0.25) is 0 Å². The van der Waals surface area contributed by atoms with Gasteiger partial charge in [0, 0.05) is 19.8 Å². The molecule has 0 spiro atoms. The summed E-state index contributed by atoms with van der Waals surface area (Å²) < 4.78 is 5.17. The van der Waals surface area contributed by atoms with Gasteiger partial charge in [0.1, 0.15) is 5.75 Å². The number of aryl methyl sites for hydroxylation is 2. The van der Waals surface area contributed by atoms with Crippen LogP contribution in [0.15, 0.2) is 48.5 Å². The van der Waals surface area contributed by atoms with Crippen molar-refractivity contribution in [3.05, 3.63) is 59.7 Å². The first-order valence-corrected chi connectivity index (χ1v) is 7.08. The highest BCUT2D eigenvalue weighted by Gasteiger charge is 1.98. The molecule has 0 aliphatic carbocycles. The van der Waals surface area contributed by atoms with Gasteiger partial charge < -0.3 is 9.64 Å². The number of rotatable bonds is 6. The third-order valence-corrected chi connectivity index (χ3v) is 3.54. The summed E-state index contributed by atoms with van der Waals surface area (Å²) in [5.41, 5.74) is 4.03. The predicted molar refractivity (Wildman–Crippen MR) is 93.0 cm³/mol. The molecule has 0 fully saturated rings. The molecule has 0 unspecified atom stereocenters. The van der Waals surface area contributed by atoms with Crippen molar-refractivity contribution >= 4 is 18.1 Å². The van der Waals surface area contributed by atoms with Gasteiger partial charge in [-0.15, -0.1) is 12.4 Å². The molecule has 0 radical (unpaired) electrons. The first kappa shape index (κ1) is 17.4. The fourth-order valence-corrected chi connectivity index (χ4v) is 2.25. The van der Waals surface area contributed by atoms with E-state index in [1.807, 2.05) is 12.1 Å². The lowest BCUT2D eigenvalue weighted by molar-refractivity contribution is 0.414. The quantitative estimate of drug-likeness (QED) is 0.786. The van der Waals surface area contributed by atoms with Gasteiger partial charge in [-0.05, 0) is 54.7 Å². The summed E-state index contributed by atoms with van der Waals surface area (Å²) >= 11 is 0. The van der Waals surface area contributed by atoms with Crippen LogP contribution in [0.2, 0.25) is 0 Å². The largest absolute Gasteiger partial charge is 0.497 e. The molecule has 0 saturated carbocycles. The van der Waals surface area contributed by atoms with Crippen LogP contribution in [-0.4, -0.2) is 21.2 Å². The molecule has 0 aliphatic rings. The lowest BCUT2D eigenvalue weighted by Crippen LogP contribution is -2.08. The van der Waals surface area contributed by atoms with Crippen molar-refractivity contribution in [2.75, 3.05) is 26.1 Å². The molecule has 0 atom stereocenters. The highest BCUT2D eigenvalue weighted by atomic mass is 35.5. The van der Waals surface area contributed by atoms with Crippen molar-refractivity contribution in [3.63, 3.8) is 0 Å². The minimum atomic E-state index is 0. The molecule has 3 heteroatoms. The normalized spacial score (nSPS) is 9.86. The molecule has 0 aliphatic heterocycles. The number of methoxy groups -OCH3 is 1. The topological polar surface area (TPSA) is 12.5 Å². The van der Waals surface area contributed by atoms with Gasteiger partial charge in [0.25, 0.3) is 0 Å². The van der Waals surface area contributed by atoms with E-state index in [0.717, 1.165) is 18.6 Å². The number of anilines is 1. The van der Waals surface area contributed by atoms with Crippen LogP contribution >= 0.6 is 12.4 Å². The average Bonchev–Trinajstić information content (AvgIpc) is 2.48. The average molecular weight is 306 g/mol. The molecule has 0 saturated heterocycles. The minimum absolute atomic E-state index is 0. The number of halogens is 1. The summed E-state index contributed by atoms with van der Waals surface area (Å²) in [4.78, 5) is 2.13. The molecule has 0 aromatic heterocycles. The van der Waals surface area contributed by atoms with E-state index in [1.54, 1.807) is 7.11 Å². The monoisotopic (exact) mass is 305 g/mol. The lowest BCUT2D eigenvalue weighted by atomic mass is 10.0. The number of benzene rings is 2. The molecule has 2 nitrogen and oxygen atoms in total. The molecule has 0 N–H and O–H groups in total. The Bertz CT molecular complexity index is 520. The Labute approximate surface area is 134 Å². The van der Waals surface area contributed by atoms with E-state index in [4.69, 9.17) is 4.74 Å². The first-order valence-electron chi connectivity index (χ1n) is 7.08. The van der Waals surface area contributed by atoms with Gasteiger partial charge >= 0.3 is 0 Å². The van der Waals surface area contributed by atoms with E-state index in [0.29, 0.717) is 0 Å². The van der Waals surface area contributed by atoms with Crippen LogP contribution < -0.4 is 9.64 Å². The first-order chi connectivity index (χ1) is 9.69. The van der Waals surface area contributed by atoms with Gasteiger partial charge in [-0.3, -0.25) is 0 Å². The van der Waals surface area contributed by atoms with Crippen molar-refractivity contribution in [1.29, 1.82) is 0 Å². The van der Waals surface area contributed by atoms with E-state index in [2.05, 4.69) is 55.4 Å². The van der Waals surface area contributed by atoms with Crippen LogP contribution in [0.4, 0.5) is 5.69 Å². The van der Waals surface area contributed by atoms with Crippen LogP contribution in [0.5, 0.6) is 5.75 Å². The van der Waals surface area contributed by atoms with Crippen molar-refractivity contribution in [2.24, 2.45) is 0 Å². The maximum Gasteiger partial charge on any atom is 0.118 e. The molecular weight excluding hydrogens is 282 g/mol. The molecule has 114 valence electrons. The van der Waals surface area contributed by atoms with E-state index >= 15 is 0 Å². The Hall–Kier alpha value is -1.67. The summed E-state index contributed by atoms with van der Waals surface area (Å²) in [6, 6.07) is 17.2. The standard InChI is InChI=1S/C18H23NO.ClH/c1-19(2)17-11-7-15(8-12-17)5-4-6-16-9-13-18(20-3)14-10-16;/h7-14H,4-6H2,1-3H3;1H. The van der Waals surface area contributed by atoms with Crippen LogP contribution in [0.1, 0.15) is 17.5 Å². The summed E-state index contributed by atoms with van der Waals surface area (Å²) in [5.74, 6) is 0.924. The SMILES string of the molecule is COc1ccc(CCCc2ccc(N(C)C)cc2)cc1.Cl. The van der Waals surface area contributed by atoms with Crippen LogP contribution in [-0.2, 0) is 12.8 Å². The summed E-state index contributed by atoms with van der Waals surface area (Å²) in [5, 5.41) is 0. The molecule has 2 aromatic rings. The highest BCUT2D eigenvalue weighted by molar-refractivity contribution is 5.85. The predicted octanol–water partition coefficient (Wildman–Crippen LogP) is 4.36. The zero-order chi connectivity index (χ0) is 14.4. The third-order valence-electron chi connectivity index (χ3n) is 3.54. The Morgan fingerprint density at radius 3 is 1.71 bits per heavy atom. The van der Waals surface area contributed by atoms with Crippen molar-refractivity contribution in [2.45, 2.75) is 19.3 Å². The van der Waals surface area contributed by atoms with Gasteiger partial charge in [-0.1, -0.05) is 24.3 Å². The summed E-state index contributed by atoms with van der Waals surface area (Å²) in [6.45, 7) is 0. The molecule has 0 amide bonds. The van der Waals surface area contributed by atoms with Crippen LogP contribution in [0.3, 0.4) is 0 Å². The van der Waals surface area contributed by atoms with Crippen LogP contribution in [0.25, 0.3) is 0 Å². The van der Waals surface area contributed by atoms with E-state index in [9.17, 15) is 0 Å². The van der Waals surface area contributed by atoms with Crippen molar-refractivity contribution in [1.82, 2.24) is 0 Å². The number of ether oxygens (including phenoxy) is 1. The molecule has 21 heavy (non-hydrogen) atoms.